The number of benzene rings is 1. The summed E-state index contributed by atoms with van der Waals surface area (Å²) in [5.41, 5.74) is 1.22. The van der Waals surface area contributed by atoms with Crippen LogP contribution in [0.5, 0.6) is 5.75 Å². The average molecular weight is 291 g/mol. The molecule has 0 aromatic heterocycles. The van der Waals surface area contributed by atoms with Gasteiger partial charge in [-0.15, -0.1) is 0 Å². The second-order valence-electron chi connectivity index (χ2n) is 6.03. The standard InChI is InChI=1S/C17H29N3O/c1-18-13-15-7-4-5-9-17(15)21-12-11-20(3)16-8-6-10-19(2)14-16/h4-5,7,9,16,18H,6,8,10-14H2,1-3H3. The normalized spacial score (nSPS) is 19.9. The molecule has 0 radical (unpaired) electrons. The van der Waals surface area contributed by atoms with Crippen molar-refractivity contribution in [2.75, 3.05) is 47.4 Å². The fraction of sp³-hybridized carbons (Fsp3) is 0.647. The lowest BCUT2D eigenvalue weighted by atomic mass is 10.1. The van der Waals surface area contributed by atoms with E-state index in [1.807, 2.05) is 13.1 Å². The van der Waals surface area contributed by atoms with Crippen molar-refractivity contribution in [2.24, 2.45) is 0 Å². The number of nitrogens with zero attached hydrogens (tertiary/aromatic N) is 2. The number of nitrogens with one attached hydrogen (secondary N) is 1. The van der Waals surface area contributed by atoms with Crippen molar-refractivity contribution in [3.63, 3.8) is 0 Å². The van der Waals surface area contributed by atoms with E-state index in [1.165, 1.54) is 31.5 Å². The fourth-order valence-electron chi connectivity index (χ4n) is 2.96. The molecule has 1 aliphatic heterocycles. The summed E-state index contributed by atoms with van der Waals surface area (Å²) in [6.07, 6.45) is 2.61. The predicted octanol–water partition coefficient (Wildman–Crippen LogP) is 1.81. The van der Waals surface area contributed by atoms with Crippen LogP contribution in [0.1, 0.15) is 18.4 Å². The largest absolute Gasteiger partial charge is 0.492 e. The molecule has 1 aromatic carbocycles. The second kappa shape index (κ2) is 8.37. The van der Waals surface area contributed by atoms with Crippen molar-refractivity contribution in [1.29, 1.82) is 0 Å². The lowest BCUT2D eigenvalue weighted by molar-refractivity contribution is 0.119. The van der Waals surface area contributed by atoms with Gasteiger partial charge in [0.15, 0.2) is 0 Å². The summed E-state index contributed by atoms with van der Waals surface area (Å²) in [4.78, 5) is 4.87. The van der Waals surface area contributed by atoms with Crippen molar-refractivity contribution in [1.82, 2.24) is 15.1 Å². The first kappa shape index (κ1) is 16.3. The molecule has 4 nitrogen and oxygen atoms in total. The average Bonchev–Trinajstić information content (AvgIpc) is 2.49. The Kier molecular flexibility index (Phi) is 6.49. The maximum atomic E-state index is 5.98. The molecule has 1 N–H and O–H groups in total. The van der Waals surface area contributed by atoms with Gasteiger partial charge >= 0.3 is 0 Å². The minimum atomic E-state index is 0.667. The van der Waals surface area contributed by atoms with Crippen LogP contribution in [0.25, 0.3) is 0 Å². The first-order valence-corrected chi connectivity index (χ1v) is 7.95. The molecule has 4 heteroatoms. The van der Waals surface area contributed by atoms with Crippen molar-refractivity contribution in [3.05, 3.63) is 29.8 Å². The van der Waals surface area contributed by atoms with Gasteiger partial charge in [-0.3, -0.25) is 4.90 Å². The van der Waals surface area contributed by atoms with Crippen molar-refractivity contribution in [2.45, 2.75) is 25.4 Å². The zero-order chi connectivity index (χ0) is 15.1. The molecule has 21 heavy (non-hydrogen) atoms. The number of likely N-dealkylation sites (tertiary alicyclic amines) is 1. The molecule has 1 aliphatic rings. The smallest absolute Gasteiger partial charge is 0.123 e. The Balaban J connectivity index is 1.78. The summed E-state index contributed by atoms with van der Waals surface area (Å²) < 4.78 is 5.98. The van der Waals surface area contributed by atoms with Gasteiger partial charge in [-0.25, -0.2) is 0 Å². The SMILES string of the molecule is CNCc1ccccc1OCCN(C)C1CCCN(C)C1. The van der Waals surface area contributed by atoms with Gasteiger partial charge in [-0.05, 0) is 46.6 Å². The molecule has 1 heterocycles. The highest BCUT2D eigenvalue weighted by Crippen LogP contribution is 2.18. The van der Waals surface area contributed by atoms with Crippen LogP contribution in [0.15, 0.2) is 24.3 Å². The van der Waals surface area contributed by atoms with Gasteiger partial charge in [0.2, 0.25) is 0 Å². The van der Waals surface area contributed by atoms with Crippen LogP contribution in [0, 0.1) is 0 Å². The minimum Gasteiger partial charge on any atom is -0.492 e. The van der Waals surface area contributed by atoms with Gasteiger partial charge in [0.05, 0.1) is 0 Å². The summed E-state index contributed by atoms with van der Waals surface area (Å²) >= 11 is 0. The van der Waals surface area contributed by atoms with Gasteiger partial charge in [0.1, 0.15) is 12.4 Å². The van der Waals surface area contributed by atoms with E-state index in [-0.39, 0.29) is 0 Å². The summed E-state index contributed by atoms with van der Waals surface area (Å²) in [5, 5.41) is 3.18. The third-order valence-electron chi connectivity index (χ3n) is 4.26. The molecule has 0 amide bonds. The topological polar surface area (TPSA) is 27.7 Å². The Morgan fingerprint density at radius 3 is 2.95 bits per heavy atom. The molecule has 1 saturated heterocycles. The Morgan fingerprint density at radius 1 is 1.38 bits per heavy atom. The van der Waals surface area contributed by atoms with Crippen molar-refractivity contribution < 1.29 is 4.74 Å². The predicted molar refractivity (Wildman–Crippen MR) is 87.8 cm³/mol. The zero-order valence-corrected chi connectivity index (χ0v) is 13.6. The molecule has 0 spiro atoms. The minimum absolute atomic E-state index is 0.667. The van der Waals surface area contributed by atoms with Crippen LogP contribution in [0.3, 0.4) is 0 Å². The van der Waals surface area contributed by atoms with Crippen molar-refractivity contribution in [3.8, 4) is 5.75 Å². The lowest BCUT2D eigenvalue weighted by Crippen LogP contribution is -2.46. The molecule has 0 bridgehead atoms. The van der Waals surface area contributed by atoms with Crippen LogP contribution in [0.4, 0.5) is 0 Å². The van der Waals surface area contributed by atoms with E-state index >= 15 is 0 Å². The van der Waals surface area contributed by atoms with Gasteiger partial charge in [-0.1, -0.05) is 18.2 Å². The van der Waals surface area contributed by atoms with Crippen LogP contribution < -0.4 is 10.1 Å². The summed E-state index contributed by atoms with van der Waals surface area (Å²) in [6, 6.07) is 8.93. The molecule has 2 rings (SSSR count). The lowest BCUT2D eigenvalue weighted by Gasteiger charge is -2.35. The van der Waals surface area contributed by atoms with Gasteiger partial charge in [0, 0.05) is 31.2 Å². The number of hydrogen-bond acceptors (Lipinski definition) is 4. The Morgan fingerprint density at radius 2 is 2.19 bits per heavy atom. The number of ether oxygens (including phenoxy) is 1. The second-order valence-corrected chi connectivity index (χ2v) is 6.03. The van der Waals surface area contributed by atoms with Crippen LogP contribution in [-0.4, -0.2) is 63.2 Å². The highest BCUT2D eigenvalue weighted by Gasteiger charge is 2.20. The van der Waals surface area contributed by atoms with Crippen LogP contribution >= 0.6 is 0 Å². The van der Waals surface area contributed by atoms with Gasteiger partial charge in [0.25, 0.3) is 0 Å². The van der Waals surface area contributed by atoms with E-state index in [0.717, 1.165) is 25.4 Å². The van der Waals surface area contributed by atoms with E-state index in [9.17, 15) is 0 Å². The summed E-state index contributed by atoms with van der Waals surface area (Å²) in [7, 11) is 6.39. The quantitative estimate of drug-likeness (QED) is 0.829. The fourth-order valence-corrected chi connectivity index (χ4v) is 2.96. The van der Waals surface area contributed by atoms with Crippen LogP contribution in [0.2, 0.25) is 0 Å². The van der Waals surface area contributed by atoms with Crippen molar-refractivity contribution >= 4 is 0 Å². The zero-order valence-electron chi connectivity index (χ0n) is 13.6. The third-order valence-corrected chi connectivity index (χ3v) is 4.26. The Bertz CT molecular complexity index is 424. The molecule has 1 unspecified atom stereocenters. The molecule has 0 saturated carbocycles. The van der Waals surface area contributed by atoms with Crippen LogP contribution in [-0.2, 0) is 6.54 Å². The molecule has 1 fully saturated rings. The molecule has 1 atom stereocenters. The van der Waals surface area contributed by atoms with E-state index in [1.54, 1.807) is 0 Å². The van der Waals surface area contributed by atoms with Gasteiger partial charge < -0.3 is 15.0 Å². The number of piperidine rings is 1. The van der Waals surface area contributed by atoms with E-state index in [0.29, 0.717) is 6.04 Å². The Hall–Kier alpha value is -1.10. The number of likely N-dealkylation sites (N-methyl/N-ethyl adjacent to an activating group) is 2. The maximum absolute atomic E-state index is 5.98. The van der Waals surface area contributed by atoms with E-state index in [4.69, 9.17) is 4.74 Å². The number of para-hydroxylation sites is 1. The number of rotatable bonds is 7. The maximum Gasteiger partial charge on any atom is 0.123 e. The first-order chi connectivity index (χ1) is 10.2. The van der Waals surface area contributed by atoms with E-state index < -0.39 is 0 Å². The molecule has 118 valence electrons. The summed E-state index contributed by atoms with van der Waals surface area (Å²) in [5.74, 6) is 1.00. The molecule has 1 aromatic rings. The highest BCUT2D eigenvalue weighted by atomic mass is 16.5. The highest BCUT2D eigenvalue weighted by molar-refractivity contribution is 5.33. The van der Waals surface area contributed by atoms with Gasteiger partial charge in [-0.2, -0.15) is 0 Å². The third kappa shape index (κ3) is 4.99. The molecular formula is C17H29N3O. The molecule has 0 aliphatic carbocycles. The summed E-state index contributed by atoms with van der Waals surface area (Å²) in [6.45, 7) is 4.98. The first-order valence-electron chi connectivity index (χ1n) is 7.95. The van der Waals surface area contributed by atoms with E-state index in [2.05, 4.69) is 47.4 Å². The Labute approximate surface area is 129 Å². The monoisotopic (exact) mass is 291 g/mol. The number of hydrogen-bond donors (Lipinski definition) is 1. The molecular weight excluding hydrogens is 262 g/mol.